The maximum Gasteiger partial charge on any atom is 0.407 e. The first-order chi connectivity index (χ1) is 16.5. The second-order valence-corrected chi connectivity index (χ2v) is 9.81. The third-order valence-corrected chi connectivity index (χ3v) is 7.46. The van der Waals surface area contributed by atoms with Crippen molar-refractivity contribution in [2.45, 2.75) is 37.6 Å². The molecule has 2 aromatic carbocycles. The van der Waals surface area contributed by atoms with Gasteiger partial charge in [0.2, 0.25) is 5.91 Å². The molecule has 0 saturated heterocycles. The molecule has 0 spiro atoms. The Morgan fingerprint density at radius 2 is 1.62 bits per heavy atom. The minimum atomic E-state index is -0.865. The van der Waals surface area contributed by atoms with Crippen LogP contribution in [0.2, 0.25) is 0 Å². The molecule has 2 aliphatic rings. The van der Waals surface area contributed by atoms with E-state index in [9.17, 15) is 14.4 Å². The van der Waals surface area contributed by atoms with Crippen LogP contribution in [-0.4, -0.2) is 53.8 Å². The standard InChI is InChI=1S/C26H30N2O5S/c29-24(30)16-34-14-13-27-25(31)21-11-5-6-12-23(21)28-26(32)33-15-22-19-9-3-1-7-17(19)18-8-2-4-10-20(18)22/h1-4,7-10,21-23H,5-6,11-16H2,(H,27,31)(H,28,32)(H,29,30)/t21-,23+/m1/s1. The Balaban J connectivity index is 1.30. The first-order valence-electron chi connectivity index (χ1n) is 11.7. The van der Waals surface area contributed by atoms with Gasteiger partial charge in [0.25, 0.3) is 0 Å². The van der Waals surface area contributed by atoms with Crippen LogP contribution in [0.1, 0.15) is 42.7 Å². The Kier molecular flexibility index (Phi) is 8.11. The summed E-state index contributed by atoms with van der Waals surface area (Å²) in [7, 11) is 0. The normalized spacial score (nSPS) is 19.1. The Morgan fingerprint density at radius 3 is 2.29 bits per heavy atom. The van der Waals surface area contributed by atoms with Crippen molar-refractivity contribution in [2.24, 2.45) is 5.92 Å². The number of rotatable bonds is 9. The third kappa shape index (κ3) is 5.73. The highest BCUT2D eigenvalue weighted by atomic mass is 32.2. The van der Waals surface area contributed by atoms with Gasteiger partial charge in [-0.25, -0.2) is 4.79 Å². The predicted molar refractivity (Wildman–Crippen MR) is 132 cm³/mol. The van der Waals surface area contributed by atoms with Crippen molar-refractivity contribution in [3.63, 3.8) is 0 Å². The molecule has 1 saturated carbocycles. The summed E-state index contributed by atoms with van der Waals surface area (Å²) >= 11 is 1.27. The van der Waals surface area contributed by atoms with Gasteiger partial charge >= 0.3 is 12.1 Å². The molecule has 0 bridgehead atoms. The number of carbonyl (C=O) groups is 3. The number of aliphatic carboxylic acids is 1. The molecule has 180 valence electrons. The lowest BCUT2D eigenvalue weighted by Crippen LogP contribution is -2.49. The highest BCUT2D eigenvalue weighted by molar-refractivity contribution is 7.99. The Bertz CT molecular complexity index is 998. The van der Waals surface area contributed by atoms with Crippen LogP contribution >= 0.6 is 11.8 Å². The van der Waals surface area contributed by atoms with Crippen LogP contribution in [0.3, 0.4) is 0 Å². The molecular weight excluding hydrogens is 452 g/mol. The first-order valence-corrected chi connectivity index (χ1v) is 12.9. The SMILES string of the molecule is O=C(O)CSCCNC(=O)[C@@H]1CCCC[C@@H]1NC(=O)OCC1c2ccccc2-c2ccccc21. The lowest BCUT2D eigenvalue weighted by atomic mass is 9.84. The zero-order valence-electron chi connectivity index (χ0n) is 19.0. The molecule has 2 aromatic rings. The number of carbonyl (C=O) groups excluding carboxylic acids is 2. The minimum absolute atomic E-state index is 0.00750. The van der Waals surface area contributed by atoms with Gasteiger partial charge < -0.3 is 20.5 Å². The molecule has 0 aromatic heterocycles. The van der Waals surface area contributed by atoms with Gasteiger partial charge in [-0.1, -0.05) is 61.4 Å². The quantitative estimate of drug-likeness (QED) is 0.467. The largest absolute Gasteiger partial charge is 0.481 e. The lowest BCUT2D eigenvalue weighted by molar-refractivity contribution is -0.134. The maximum absolute atomic E-state index is 12.7. The molecule has 1 fully saturated rings. The molecular formula is C26H30N2O5S. The average Bonchev–Trinajstić information content (AvgIpc) is 3.16. The van der Waals surface area contributed by atoms with E-state index in [-0.39, 0.29) is 36.1 Å². The van der Waals surface area contributed by atoms with E-state index in [0.717, 1.165) is 30.4 Å². The molecule has 2 atom stereocenters. The van der Waals surface area contributed by atoms with Crippen molar-refractivity contribution in [1.82, 2.24) is 10.6 Å². The number of benzene rings is 2. The monoisotopic (exact) mass is 482 g/mol. The predicted octanol–water partition coefficient (Wildman–Crippen LogP) is 4.02. The fourth-order valence-corrected chi connectivity index (χ4v) is 5.51. The van der Waals surface area contributed by atoms with Gasteiger partial charge in [-0.2, -0.15) is 0 Å². The molecule has 0 radical (unpaired) electrons. The van der Waals surface area contributed by atoms with E-state index < -0.39 is 12.1 Å². The number of ether oxygens (including phenoxy) is 1. The second kappa shape index (κ2) is 11.4. The zero-order chi connectivity index (χ0) is 23.9. The van der Waals surface area contributed by atoms with E-state index in [1.54, 1.807) is 0 Å². The van der Waals surface area contributed by atoms with Gasteiger partial charge in [0.15, 0.2) is 0 Å². The summed E-state index contributed by atoms with van der Waals surface area (Å²) in [4.78, 5) is 36.0. The number of carboxylic acid groups (broad SMARTS) is 1. The summed E-state index contributed by atoms with van der Waals surface area (Å²) < 4.78 is 5.67. The van der Waals surface area contributed by atoms with Gasteiger partial charge in [0.05, 0.1) is 11.7 Å². The maximum atomic E-state index is 12.7. The summed E-state index contributed by atoms with van der Waals surface area (Å²) in [5.74, 6) is -0.721. The van der Waals surface area contributed by atoms with Crippen LogP contribution in [0.4, 0.5) is 4.79 Å². The molecule has 7 nitrogen and oxygen atoms in total. The van der Waals surface area contributed by atoms with Crippen LogP contribution in [0.25, 0.3) is 11.1 Å². The van der Waals surface area contributed by atoms with Crippen LogP contribution < -0.4 is 10.6 Å². The van der Waals surface area contributed by atoms with Crippen molar-refractivity contribution in [2.75, 3.05) is 24.7 Å². The number of fused-ring (bicyclic) bond motifs is 3. The van der Waals surface area contributed by atoms with E-state index in [4.69, 9.17) is 9.84 Å². The van der Waals surface area contributed by atoms with Crippen LogP contribution in [-0.2, 0) is 14.3 Å². The molecule has 2 amide bonds. The molecule has 0 unspecified atom stereocenters. The van der Waals surface area contributed by atoms with Crippen molar-refractivity contribution in [3.05, 3.63) is 59.7 Å². The number of carboxylic acids is 1. The van der Waals surface area contributed by atoms with Crippen molar-refractivity contribution >= 4 is 29.7 Å². The highest BCUT2D eigenvalue weighted by Crippen LogP contribution is 2.44. The minimum Gasteiger partial charge on any atom is -0.481 e. The van der Waals surface area contributed by atoms with Gasteiger partial charge in [-0.05, 0) is 35.1 Å². The van der Waals surface area contributed by atoms with Gasteiger partial charge in [0, 0.05) is 24.3 Å². The zero-order valence-corrected chi connectivity index (χ0v) is 19.8. The number of hydrogen-bond donors (Lipinski definition) is 3. The van der Waals surface area contributed by atoms with Gasteiger partial charge in [-0.3, -0.25) is 9.59 Å². The van der Waals surface area contributed by atoms with E-state index in [2.05, 4.69) is 34.9 Å². The average molecular weight is 483 g/mol. The van der Waals surface area contributed by atoms with E-state index in [1.807, 2.05) is 24.3 Å². The summed E-state index contributed by atoms with van der Waals surface area (Å²) in [6.07, 6.45) is 2.84. The van der Waals surface area contributed by atoms with Crippen molar-refractivity contribution in [1.29, 1.82) is 0 Å². The first kappa shape index (κ1) is 24.1. The number of nitrogens with one attached hydrogen (secondary N) is 2. The number of thioether (sulfide) groups is 1. The van der Waals surface area contributed by atoms with E-state index in [1.165, 1.54) is 22.9 Å². The van der Waals surface area contributed by atoms with Gasteiger partial charge in [0.1, 0.15) is 6.61 Å². The Morgan fingerprint density at radius 1 is 0.971 bits per heavy atom. The summed E-state index contributed by atoms with van der Waals surface area (Å²) in [6, 6.07) is 16.1. The highest BCUT2D eigenvalue weighted by Gasteiger charge is 2.33. The molecule has 2 aliphatic carbocycles. The molecule has 8 heteroatoms. The van der Waals surface area contributed by atoms with Crippen LogP contribution in [0.15, 0.2) is 48.5 Å². The molecule has 0 aliphatic heterocycles. The van der Waals surface area contributed by atoms with Crippen LogP contribution in [0, 0.1) is 5.92 Å². The summed E-state index contributed by atoms with van der Waals surface area (Å²) in [5, 5.41) is 14.5. The second-order valence-electron chi connectivity index (χ2n) is 8.70. The Hall–Kier alpha value is -3.00. The lowest BCUT2D eigenvalue weighted by Gasteiger charge is -2.31. The molecule has 3 N–H and O–H groups in total. The molecule has 34 heavy (non-hydrogen) atoms. The topological polar surface area (TPSA) is 105 Å². The summed E-state index contributed by atoms with van der Waals surface area (Å²) in [5.41, 5.74) is 4.68. The summed E-state index contributed by atoms with van der Waals surface area (Å²) in [6.45, 7) is 0.648. The van der Waals surface area contributed by atoms with Crippen molar-refractivity contribution in [3.8, 4) is 11.1 Å². The smallest absolute Gasteiger partial charge is 0.407 e. The van der Waals surface area contributed by atoms with Gasteiger partial charge in [-0.15, -0.1) is 11.8 Å². The fraction of sp³-hybridized carbons (Fsp3) is 0.423. The molecule has 4 rings (SSSR count). The molecule has 0 heterocycles. The number of hydrogen-bond acceptors (Lipinski definition) is 5. The van der Waals surface area contributed by atoms with E-state index in [0.29, 0.717) is 18.7 Å². The van der Waals surface area contributed by atoms with Crippen molar-refractivity contribution < 1.29 is 24.2 Å². The van der Waals surface area contributed by atoms with E-state index >= 15 is 0 Å². The van der Waals surface area contributed by atoms with Crippen LogP contribution in [0.5, 0.6) is 0 Å². The number of alkyl carbamates (subject to hydrolysis) is 1. The fourth-order valence-electron chi connectivity index (χ4n) is 4.95. The third-order valence-electron chi connectivity index (χ3n) is 6.52. The number of amides is 2. The Labute approximate surface area is 203 Å².